The van der Waals surface area contributed by atoms with Crippen molar-refractivity contribution in [2.75, 3.05) is 23.0 Å². The van der Waals surface area contributed by atoms with Crippen LogP contribution in [0.3, 0.4) is 0 Å². The number of esters is 1. The Hall–Kier alpha value is -1.60. The lowest BCUT2D eigenvalue weighted by molar-refractivity contribution is -0.152. The van der Waals surface area contributed by atoms with E-state index in [2.05, 4.69) is 0 Å². The number of carbonyl (C=O) groups is 2. The maximum atomic E-state index is 12.2. The number of anilines is 1. The molecule has 23 heavy (non-hydrogen) atoms. The standard InChI is InChI=1S/C15H16ClNO5S/c16-11-2-1-3-12(7-11)17-8-10(6-14(17)18)15(19)22-13-4-5-23(20,21)9-13/h1-3,7,10,13H,4-6,8-9H2/t10-,13-/m1/s1. The third-order valence-electron chi connectivity index (χ3n) is 4.05. The molecule has 6 nitrogen and oxygen atoms in total. The van der Waals surface area contributed by atoms with E-state index < -0.39 is 27.8 Å². The number of halogens is 1. The second-order valence-electron chi connectivity index (χ2n) is 5.85. The van der Waals surface area contributed by atoms with Gasteiger partial charge < -0.3 is 9.64 Å². The molecule has 2 aliphatic heterocycles. The maximum Gasteiger partial charge on any atom is 0.311 e. The van der Waals surface area contributed by atoms with Crippen LogP contribution in [0.1, 0.15) is 12.8 Å². The summed E-state index contributed by atoms with van der Waals surface area (Å²) in [6.07, 6.45) is -0.208. The number of hydrogen-bond acceptors (Lipinski definition) is 5. The molecule has 0 aliphatic carbocycles. The van der Waals surface area contributed by atoms with E-state index in [1.165, 1.54) is 4.90 Å². The summed E-state index contributed by atoms with van der Waals surface area (Å²) in [4.78, 5) is 25.8. The first-order chi connectivity index (χ1) is 10.8. The summed E-state index contributed by atoms with van der Waals surface area (Å²) in [7, 11) is -3.10. The summed E-state index contributed by atoms with van der Waals surface area (Å²) < 4.78 is 28.1. The highest BCUT2D eigenvalue weighted by Crippen LogP contribution is 2.28. The van der Waals surface area contributed by atoms with Crippen LogP contribution in [0, 0.1) is 5.92 Å². The average Bonchev–Trinajstić information content (AvgIpc) is 3.01. The zero-order valence-electron chi connectivity index (χ0n) is 12.3. The van der Waals surface area contributed by atoms with E-state index in [4.69, 9.17) is 16.3 Å². The van der Waals surface area contributed by atoms with Crippen LogP contribution in [-0.2, 0) is 24.2 Å². The van der Waals surface area contributed by atoms with Gasteiger partial charge in [0.2, 0.25) is 5.91 Å². The predicted molar refractivity (Wildman–Crippen MR) is 85.1 cm³/mol. The molecule has 8 heteroatoms. The van der Waals surface area contributed by atoms with Crippen LogP contribution in [0.4, 0.5) is 5.69 Å². The van der Waals surface area contributed by atoms with E-state index in [1.807, 2.05) is 0 Å². The van der Waals surface area contributed by atoms with Crippen LogP contribution < -0.4 is 4.90 Å². The number of rotatable bonds is 3. The molecule has 2 atom stereocenters. The summed E-state index contributed by atoms with van der Waals surface area (Å²) in [6, 6.07) is 6.86. The van der Waals surface area contributed by atoms with Gasteiger partial charge in [0, 0.05) is 23.7 Å². The average molecular weight is 358 g/mol. The van der Waals surface area contributed by atoms with E-state index in [1.54, 1.807) is 24.3 Å². The SMILES string of the molecule is O=C(O[C@@H]1CCS(=O)(=O)C1)[C@@H]1CC(=O)N(c2cccc(Cl)c2)C1. The normalized spacial score (nSPS) is 26.5. The lowest BCUT2D eigenvalue weighted by atomic mass is 10.1. The van der Waals surface area contributed by atoms with Crippen LogP contribution in [0.25, 0.3) is 0 Å². The second-order valence-corrected chi connectivity index (χ2v) is 8.51. The monoisotopic (exact) mass is 357 g/mol. The first-order valence-corrected chi connectivity index (χ1v) is 9.51. The molecule has 0 spiro atoms. The smallest absolute Gasteiger partial charge is 0.311 e. The molecule has 0 unspecified atom stereocenters. The fraction of sp³-hybridized carbons (Fsp3) is 0.467. The molecule has 2 saturated heterocycles. The van der Waals surface area contributed by atoms with Gasteiger partial charge in [-0.05, 0) is 24.6 Å². The van der Waals surface area contributed by atoms with E-state index >= 15 is 0 Å². The third-order valence-corrected chi connectivity index (χ3v) is 6.02. The van der Waals surface area contributed by atoms with Crippen LogP contribution in [-0.4, -0.2) is 44.4 Å². The molecular weight excluding hydrogens is 342 g/mol. The zero-order valence-corrected chi connectivity index (χ0v) is 13.8. The summed E-state index contributed by atoms with van der Waals surface area (Å²) in [5.74, 6) is -1.34. The number of carbonyl (C=O) groups excluding carboxylic acids is 2. The Morgan fingerprint density at radius 1 is 1.35 bits per heavy atom. The van der Waals surface area contributed by atoms with Gasteiger partial charge in [-0.3, -0.25) is 9.59 Å². The summed E-state index contributed by atoms with van der Waals surface area (Å²) in [5, 5.41) is 0.512. The largest absolute Gasteiger partial charge is 0.461 e. The molecule has 1 amide bonds. The number of sulfone groups is 1. The Kier molecular flexibility index (Phi) is 4.33. The predicted octanol–water partition coefficient (Wildman–Crippen LogP) is 1.42. The van der Waals surface area contributed by atoms with Gasteiger partial charge in [0.05, 0.1) is 17.4 Å². The van der Waals surface area contributed by atoms with Crippen LogP contribution >= 0.6 is 11.6 Å². The maximum absolute atomic E-state index is 12.2. The quantitative estimate of drug-likeness (QED) is 0.764. The highest BCUT2D eigenvalue weighted by atomic mass is 35.5. The van der Waals surface area contributed by atoms with Crippen molar-refractivity contribution in [3.8, 4) is 0 Å². The molecule has 0 aromatic heterocycles. The fourth-order valence-corrected chi connectivity index (χ4v) is 4.65. The lowest BCUT2D eigenvalue weighted by Crippen LogP contribution is -2.28. The molecule has 0 bridgehead atoms. The van der Waals surface area contributed by atoms with Gasteiger partial charge in [-0.25, -0.2) is 8.42 Å². The van der Waals surface area contributed by atoms with Crippen LogP contribution in [0.5, 0.6) is 0 Å². The highest BCUT2D eigenvalue weighted by molar-refractivity contribution is 7.91. The van der Waals surface area contributed by atoms with Crippen molar-refractivity contribution in [1.82, 2.24) is 0 Å². The number of ether oxygens (including phenoxy) is 1. The number of nitrogens with zero attached hydrogens (tertiary/aromatic N) is 1. The molecule has 1 aromatic rings. The van der Waals surface area contributed by atoms with Gasteiger partial charge >= 0.3 is 5.97 Å². The molecule has 2 heterocycles. The van der Waals surface area contributed by atoms with Gasteiger partial charge in [0.15, 0.2) is 9.84 Å². The fourth-order valence-electron chi connectivity index (χ4n) is 2.87. The minimum absolute atomic E-state index is 0.0448. The van der Waals surface area contributed by atoms with E-state index in [-0.39, 0.29) is 30.4 Å². The van der Waals surface area contributed by atoms with Crippen molar-refractivity contribution < 1.29 is 22.7 Å². The van der Waals surface area contributed by atoms with Gasteiger partial charge in [0.1, 0.15) is 6.10 Å². The first kappa shape index (κ1) is 16.3. The lowest BCUT2D eigenvalue weighted by Gasteiger charge is -2.17. The van der Waals surface area contributed by atoms with E-state index in [0.717, 1.165) is 0 Å². The third kappa shape index (κ3) is 3.67. The van der Waals surface area contributed by atoms with Crippen LogP contribution in [0.15, 0.2) is 24.3 Å². The minimum atomic E-state index is -3.10. The number of hydrogen-bond donors (Lipinski definition) is 0. The topological polar surface area (TPSA) is 80.8 Å². The summed E-state index contributed by atoms with van der Waals surface area (Å²) in [6.45, 7) is 0.220. The summed E-state index contributed by atoms with van der Waals surface area (Å²) >= 11 is 5.92. The van der Waals surface area contributed by atoms with Gasteiger partial charge in [-0.2, -0.15) is 0 Å². The van der Waals surface area contributed by atoms with Gasteiger partial charge in [-0.1, -0.05) is 17.7 Å². The highest BCUT2D eigenvalue weighted by Gasteiger charge is 2.39. The van der Waals surface area contributed by atoms with Gasteiger partial charge in [-0.15, -0.1) is 0 Å². The molecule has 3 rings (SSSR count). The summed E-state index contributed by atoms with van der Waals surface area (Å²) in [5.41, 5.74) is 0.640. The zero-order chi connectivity index (χ0) is 16.6. The first-order valence-electron chi connectivity index (χ1n) is 7.31. The Labute approximate surface area is 139 Å². The Bertz CT molecular complexity index is 748. The Morgan fingerprint density at radius 3 is 2.78 bits per heavy atom. The van der Waals surface area contributed by atoms with E-state index in [9.17, 15) is 18.0 Å². The van der Waals surface area contributed by atoms with Crippen molar-refractivity contribution >= 4 is 39.0 Å². The molecule has 2 aliphatic rings. The number of benzene rings is 1. The van der Waals surface area contributed by atoms with Gasteiger partial charge in [0.25, 0.3) is 0 Å². The Balaban J connectivity index is 1.64. The van der Waals surface area contributed by atoms with Crippen molar-refractivity contribution in [1.29, 1.82) is 0 Å². The molecule has 0 N–H and O–H groups in total. The molecular formula is C15H16ClNO5S. The Morgan fingerprint density at radius 2 is 2.13 bits per heavy atom. The molecule has 0 radical (unpaired) electrons. The number of amides is 1. The van der Waals surface area contributed by atoms with Crippen molar-refractivity contribution in [2.24, 2.45) is 5.92 Å². The molecule has 124 valence electrons. The van der Waals surface area contributed by atoms with Crippen molar-refractivity contribution in [3.05, 3.63) is 29.3 Å². The minimum Gasteiger partial charge on any atom is -0.461 e. The van der Waals surface area contributed by atoms with Crippen molar-refractivity contribution in [3.63, 3.8) is 0 Å². The van der Waals surface area contributed by atoms with E-state index in [0.29, 0.717) is 17.1 Å². The van der Waals surface area contributed by atoms with Crippen LogP contribution in [0.2, 0.25) is 5.02 Å². The molecule has 0 saturated carbocycles. The van der Waals surface area contributed by atoms with Crippen molar-refractivity contribution in [2.45, 2.75) is 18.9 Å². The second kappa shape index (κ2) is 6.13. The molecule has 2 fully saturated rings. The molecule has 1 aromatic carbocycles.